The van der Waals surface area contributed by atoms with Crippen LogP contribution < -0.4 is 5.32 Å². The van der Waals surface area contributed by atoms with Crippen molar-refractivity contribution in [1.29, 1.82) is 0 Å². The number of pyridine rings is 1. The van der Waals surface area contributed by atoms with Crippen LogP contribution in [0.3, 0.4) is 0 Å². The van der Waals surface area contributed by atoms with Crippen LogP contribution in [0.4, 0.5) is 10.2 Å². The van der Waals surface area contributed by atoms with Crippen molar-refractivity contribution in [2.24, 2.45) is 0 Å². The van der Waals surface area contributed by atoms with Gasteiger partial charge in [0.2, 0.25) is 11.8 Å². The smallest absolute Gasteiger partial charge is 0.248 e. The molecule has 2 amide bonds. The highest BCUT2D eigenvalue weighted by Crippen LogP contribution is 2.28. The van der Waals surface area contributed by atoms with E-state index in [4.69, 9.17) is 4.74 Å². The van der Waals surface area contributed by atoms with E-state index in [1.54, 1.807) is 42.7 Å². The van der Waals surface area contributed by atoms with Crippen LogP contribution in [-0.4, -0.2) is 73.1 Å². The lowest BCUT2D eigenvalue weighted by Crippen LogP contribution is -2.44. The maximum Gasteiger partial charge on any atom is 0.248 e. The van der Waals surface area contributed by atoms with Crippen molar-refractivity contribution in [1.82, 2.24) is 29.6 Å². The minimum absolute atomic E-state index is 0.131. The summed E-state index contributed by atoms with van der Waals surface area (Å²) in [4.78, 5) is 53.0. The largest absolute Gasteiger partial charge is 0.501 e. The summed E-state index contributed by atoms with van der Waals surface area (Å²) < 4.78 is 21.5. The van der Waals surface area contributed by atoms with Crippen molar-refractivity contribution in [3.8, 4) is 11.1 Å². The first kappa shape index (κ1) is 29.0. The molecule has 42 heavy (non-hydrogen) atoms. The zero-order chi connectivity index (χ0) is 30.0. The zero-order valence-electron chi connectivity index (χ0n) is 22.9. The van der Waals surface area contributed by atoms with Gasteiger partial charge in [0.25, 0.3) is 0 Å². The minimum atomic E-state index is -1.36. The first-order valence-corrected chi connectivity index (χ1v) is 13.8. The van der Waals surface area contributed by atoms with Gasteiger partial charge in [-0.3, -0.25) is 19.1 Å². The van der Waals surface area contributed by atoms with E-state index in [0.29, 0.717) is 33.5 Å². The van der Waals surface area contributed by atoms with Crippen LogP contribution in [0.1, 0.15) is 29.7 Å². The molecule has 1 N–H and O–H groups in total. The van der Waals surface area contributed by atoms with Crippen LogP contribution in [0.15, 0.2) is 65.7 Å². The van der Waals surface area contributed by atoms with E-state index in [1.807, 2.05) is 6.07 Å². The van der Waals surface area contributed by atoms with E-state index in [-0.39, 0.29) is 36.8 Å². The second-order valence-electron chi connectivity index (χ2n) is 9.83. The Morgan fingerprint density at radius 1 is 1.17 bits per heavy atom. The van der Waals surface area contributed by atoms with Crippen LogP contribution in [0.5, 0.6) is 0 Å². The van der Waals surface area contributed by atoms with Gasteiger partial charge in [0.05, 0.1) is 31.4 Å². The lowest BCUT2D eigenvalue weighted by Gasteiger charge is -2.23. The molecule has 1 aliphatic rings. The van der Waals surface area contributed by atoms with Crippen molar-refractivity contribution in [3.05, 3.63) is 77.3 Å². The van der Waals surface area contributed by atoms with Gasteiger partial charge < -0.3 is 15.0 Å². The van der Waals surface area contributed by atoms with Crippen LogP contribution in [-0.2, 0) is 27.3 Å². The van der Waals surface area contributed by atoms with Crippen molar-refractivity contribution in [3.63, 3.8) is 0 Å². The topological polar surface area (TPSA) is 132 Å². The van der Waals surface area contributed by atoms with Crippen LogP contribution in [0, 0.1) is 0 Å². The van der Waals surface area contributed by atoms with Gasteiger partial charge in [-0.25, -0.2) is 19.3 Å². The molecular weight excluding hydrogens is 609 g/mol. The predicted octanol–water partition coefficient (Wildman–Crippen LogP) is 4.13. The number of ketones is 1. The number of rotatable bonds is 9. The van der Waals surface area contributed by atoms with E-state index in [2.05, 4.69) is 47.9 Å². The normalized spacial score (nSPS) is 16.4. The fraction of sp³-hybridized carbons (Fsp3) is 0.276. The van der Waals surface area contributed by atoms with E-state index in [9.17, 15) is 18.8 Å². The molecule has 3 aromatic heterocycles. The standard InChI is InChI=1S/C29H27BrFN7O4/c1-16(42-3)9-26-32-12-19(13-33-26)18-7-8-22-21(10-18)28(17(2)39)36-38(22)15-27(40)37-14-20(31)11-23(37)29(41)35-25-6-4-5-24(30)34-25/h4-8,10,12-13,20,23H,1,9,11,14-15H2,2-3H3,(H,34,35,41)/t20-,23+/m1/s1. The zero-order valence-corrected chi connectivity index (χ0v) is 24.5. The number of alkyl halides is 1. The highest BCUT2D eigenvalue weighted by atomic mass is 79.9. The number of hydrogen-bond donors (Lipinski definition) is 1. The number of hydrogen-bond acceptors (Lipinski definition) is 8. The molecule has 4 aromatic rings. The molecule has 4 heterocycles. The molecular formula is C29H27BrFN7O4. The Hall–Kier alpha value is -4.52. The number of halogens is 2. The number of fused-ring (bicyclic) bond motifs is 1. The number of ether oxygens (including phenoxy) is 1. The summed E-state index contributed by atoms with van der Waals surface area (Å²) in [5, 5.41) is 7.61. The second-order valence-corrected chi connectivity index (χ2v) is 10.6. The maximum absolute atomic E-state index is 14.5. The SMILES string of the molecule is C=C(Cc1ncc(-c2ccc3c(c2)c(C(C)=O)nn3CC(=O)N2C[C@H](F)C[C@H]2C(=O)Nc2cccc(Br)n2)cn1)OC. The Balaban J connectivity index is 1.38. The molecule has 0 spiro atoms. The number of Topliss-reactive ketones (excluding diaryl/α,β-unsaturated/α-hetero) is 1. The average molecular weight is 636 g/mol. The van der Waals surface area contributed by atoms with Gasteiger partial charge >= 0.3 is 0 Å². The number of anilines is 1. The number of allylic oxidation sites excluding steroid dienone is 1. The van der Waals surface area contributed by atoms with E-state index in [0.717, 1.165) is 11.1 Å². The number of carbonyl (C=O) groups is 3. The molecule has 5 rings (SSSR count). The molecule has 1 saturated heterocycles. The number of amides is 2. The molecule has 216 valence electrons. The Bertz CT molecular complexity index is 1690. The number of benzene rings is 1. The summed E-state index contributed by atoms with van der Waals surface area (Å²) in [6, 6.07) is 9.35. The molecule has 11 nitrogen and oxygen atoms in total. The van der Waals surface area contributed by atoms with Gasteiger partial charge in [0.15, 0.2) is 5.78 Å². The van der Waals surface area contributed by atoms with Crippen LogP contribution in [0.25, 0.3) is 22.0 Å². The van der Waals surface area contributed by atoms with Gasteiger partial charge in [0, 0.05) is 36.7 Å². The highest BCUT2D eigenvalue weighted by molar-refractivity contribution is 9.10. The first-order valence-electron chi connectivity index (χ1n) is 13.0. The third-order valence-electron chi connectivity index (χ3n) is 6.89. The number of aromatic nitrogens is 5. The van der Waals surface area contributed by atoms with Crippen molar-refractivity contribution in [2.45, 2.75) is 38.5 Å². The second kappa shape index (κ2) is 12.1. The summed E-state index contributed by atoms with van der Waals surface area (Å²) in [7, 11) is 1.53. The van der Waals surface area contributed by atoms with Gasteiger partial charge in [-0.2, -0.15) is 5.10 Å². The molecule has 1 aromatic carbocycles. The monoisotopic (exact) mass is 635 g/mol. The Kier molecular flexibility index (Phi) is 8.39. The molecule has 1 fully saturated rings. The number of likely N-dealkylation sites (tertiary alicyclic amines) is 1. The summed E-state index contributed by atoms with van der Waals surface area (Å²) in [5.74, 6) is 0.0682. The summed E-state index contributed by atoms with van der Waals surface area (Å²) in [5.41, 5.74) is 2.21. The molecule has 0 unspecified atom stereocenters. The summed E-state index contributed by atoms with van der Waals surface area (Å²) in [6.45, 7) is 4.67. The van der Waals surface area contributed by atoms with Gasteiger partial charge in [-0.1, -0.05) is 18.7 Å². The van der Waals surface area contributed by atoms with Crippen LogP contribution in [0.2, 0.25) is 0 Å². The third-order valence-corrected chi connectivity index (χ3v) is 7.33. The molecule has 0 radical (unpaired) electrons. The Labute approximate surface area is 248 Å². The Morgan fingerprint density at radius 3 is 2.62 bits per heavy atom. The van der Waals surface area contributed by atoms with Crippen molar-refractivity contribution < 1.29 is 23.5 Å². The fourth-order valence-electron chi connectivity index (χ4n) is 4.80. The minimum Gasteiger partial charge on any atom is -0.501 e. The van der Waals surface area contributed by atoms with Gasteiger partial charge in [0.1, 0.15) is 40.7 Å². The number of carbonyl (C=O) groups excluding carboxylic acids is 3. The molecule has 0 bridgehead atoms. The third kappa shape index (κ3) is 6.20. The van der Waals surface area contributed by atoms with Gasteiger partial charge in [-0.15, -0.1) is 0 Å². The average Bonchev–Trinajstić information content (AvgIpc) is 3.54. The Morgan fingerprint density at radius 2 is 1.93 bits per heavy atom. The molecule has 13 heteroatoms. The quantitative estimate of drug-likeness (QED) is 0.165. The molecule has 2 atom stereocenters. The summed E-state index contributed by atoms with van der Waals surface area (Å²) >= 11 is 3.25. The van der Waals surface area contributed by atoms with Crippen molar-refractivity contribution in [2.75, 3.05) is 19.0 Å². The van der Waals surface area contributed by atoms with Crippen molar-refractivity contribution >= 4 is 50.2 Å². The maximum atomic E-state index is 14.5. The fourth-order valence-corrected chi connectivity index (χ4v) is 5.14. The molecule has 0 saturated carbocycles. The van der Waals surface area contributed by atoms with E-state index >= 15 is 0 Å². The molecule has 1 aliphatic heterocycles. The molecule has 0 aliphatic carbocycles. The number of nitrogens with one attached hydrogen (secondary N) is 1. The highest BCUT2D eigenvalue weighted by Gasteiger charge is 2.40. The van der Waals surface area contributed by atoms with E-state index in [1.165, 1.54) is 23.6 Å². The summed E-state index contributed by atoms with van der Waals surface area (Å²) in [6.07, 6.45) is 2.24. The van der Waals surface area contributed by atoms with E-state index < -0.39 is 24.0 Å². The lowest BCUT2D eigenvalue weighted by atomic mass is 10.0. The van der Waals surface area contributed by atoms with Gasteiger partial charge in [-0.05, 0) is 45.8 Å². The lowest BCUT2D eigenvalue weighted by molar-refractivity contribution is -0.137. The van der Waals surface area contributed by atoms with Crippen LogP contribution >= 0.6 is 15.9 Å². The first-order chi connectivity index (χ1) is 20.1. The predicted molar refractivity (Wildman–Crippen MR) is 156 cm³/mol. The number of nitrogens with zero attached hydrogens (tertiary/aromatic N) is 6. The number of methoxy groups -OCH3 is 1.